The monoisotopic (exact) mass is 650 g/mol. The zero-order valence-electron chi connectivity index (χ0n) is 22.5. The van der Waals surface area contributed by atoms with E-state index < -0.39 is 42.5 Å². The fraction of sp³-hybridized carbons (Fsp3) is 0.500. The first-order chi connectivity index (χ1) is 18.1. The smallest absolute Gasteiger partial charge is 0.416 e. The van der Waals surface area contributed by atoms with Crippen molar-refractivity contribution in [3.63, 3.8) is 0 Å². The Morgan fingerprint density at radius 2 is 1.74 bits per heavy atom. The zero-order valence-corrected chi connectivity index (χ0v) is 25.9. The van der Waals surface area contributed by atoms with Crippen LogP contribution in [0.4, 0.5) is 24.5 Å². The SMILES string of the molecule is COC(=O)c1ccc(Br)c(S(=O)(=O)N(COCC[Si](C)(C)C)c2cc(C(F)(F)F)ccc2N2CCCCC2)c1. The molecule has 2 aromatic carbocycles. The molecule has 1 heterocycles. The van der Waals surface area contributed by atoms with E-state index in [-0.39, 0.29) is 27.2 Å². The van der Waals surface area contributed by atoms with Gasteiger partial charge in [-0.1, -0.05) is 19.6 Å². The minimum atomic E-state index is -4.69. The molecule has 0 unspecified atom stereocenters. The number of carbonyl (C=O) groups is 1. The number of hydrogen-bond donors (Lipinski definition) is 0. The summed E-state index contributed by atoms with van der Waals surface area (Å²) in [5, 5.41) is 0. The summed E-state index contributed by atoms with van der Waals surface area (Å²) >= 11 is 3.24. The third-order valence-corrected chi connectivity index (χ3v) is 10.8. The second kappa shape index (κ2) is 12.6. The Kier molecular flexibility index (Phi) is 10.2. The molecule has 7 nitrogen and oxygen atoms in total. The van der Waals surface area contributed by atoms with Gasteiger partial charge < -0.3 is 14.4 Å². The van der Waals surface area contributed by atoms with Crippen LogP contribution in [0.5, 0.6) is 0 Å². The lowest BCUT2D eigenvalue weighted by atomic mass is 10.1. The Morgan fingerprint density at radius 1 is 1.08 bits per heavy atom. The summed E-state index contributed by atoms with van der Waals surface area (Å²) < 4.78 is 81.4. The van der Waals surface area contributed by atoms with Gasteiger partial charge in [-0.05, 0) is 77.6 Å². The van der Waals surface area contributed by atoms with Gasteiger partial charge in [-0.3, -0.25) is 0 Å². The molecule has 0 spiro atoms. The Hall–Kier alpha value is -2.09. The summed E-state index contributed by atoms with van der Waals surface area (Å²) in [4.78, 5) is 13.8. The summed E-state index contributed by atoms with van der Waals surface area (Å²) in [7, 11) is -4.88. The van der Waals surface area contributed by atoms with Gasteiger partial charge in [0.25, 0.3) is 10.0 Å². The molecule has 0 bridgehead atoms. The summed E-state index contributed by atoms with van der Waals surface area (Å²) in [5.41, 5.74) is -0.738. The average Bonchev–Trinajstić information content (AvgIpc) is 2.87. The van der Waals surface area contributed by atoms with E-state index in [4.69, 9.17) is 9.47 Å². The van der Waals surface area contributed by atoms with E-state index in [1.807, 2.05) is 4.90 Å². The Morgan fingerprint density at radius 3 is 2.33 bits per heavy atom. The molecule has 1 saturated heterocycles. The molecule has 216 valence electrons. The van der Waals surface area contributed by atoms with E-state index in [0.29, 0.717) is 18.8 Å². The molecule has 0 amide bonds. The van der Waals surface area contributed by atoms with E-state index in [1.165, 1.54) is 25.3 Å². The number of esters is 1. The van der Waals surface area contributed by atoms with Crippen LogP contribution in [0.1, 0.15) is 35.2 Å². The molecule has 0 radical (unpaired) electrons. The number of sulfonamides is 1. The minimum absolute atomic E-state index is 0.0147. The molecule has 3 rings (SSSR count). The van der Waals surface area contributed by atoms with Crippen molar-refractivity contribution in [1.82, 2.24) is 0 Å². The van der Waals surface area contributed by atoms with Gasteiger partial charge in [-0.2, -0.15) is 13.2 Å². The number of rotatable bonds is 10. The number of ether oxygens (including phenoxy) is 2. The fourth-order valence-corrected chi connectivity index (χ4v) is 7.22. The second-order valence-corrected chi connectivity index (χ2v) is 18.9. The zero-order chi connectivity index (χ0) is 29.0. The molecule has 13 heteroatoms. The molecular weight excluding hydrogens is 617 g/mol. The molecule has 1 aliphatic rings. The molecule has 2 aromatic rings. The standard InChI is InChI=1S/C26H34BrF3N2O5SSi/c1-36-25(33)19-8-10-21(27)24(16-19)38(34,35)32(18-37-14-15-39(2,3)4)23-17-20(26(28,29)30)9-11-22(23)31-12-6-5-7-13-31/h8-11,16-17H,5-7,12-15,18H2,1-4H3. The van der Waals surface area contributed by atoms with Gasteiger partial charge in [0.2, 0.25) is 0 Å². The van der Waals surface area contributed by atoms with Gasteiger partial charge in [0.15, 0.2) is 0 Å². The van der Waals surface area contributed by atoms with Crippen LogP contribution in [0.2, 0.25) is 25.7 Å². The average molecular weight is 652 g/mol. The number of carbonyl (C=O) groups excluding carboxylic acids is 1. The molecule has 0 N–H and O–H groups in total. The third-order valence-electron chi connectivity index (χ3n) is 6.39. The molecule has 1 fully saturated rings. The molecule has 0 aromatic heterocycles. The van der Waals surface area contributed by atoms with Crippen molar-refractivity contribution >= 4 is 51.4 Å². The van der Waals surface area contributed by atoms with Crippen molar-refractivity contribution in [2.45, 2.75) is 56.0 Å². The Bertz CT molecular complexity index is 1280. The Labute approximate surface area is 237 Å². The van der Waals surface area contributed by atoms with Crippen LogP contribution in [-0.4, -0.2) is 56.0 Å². The second-order valence-electron chi connectivity index (χ2n) is 10.6. The van der Waals surface area contributed by atoms with E-state index in [2.05, 4.69) is 35.6 Å². The largest absolute Gasteiger partial charge is 0.465 e. The maximum atomic E-state index is 14.2. The number of halogens is 4. The summed E-state index contributed by atoms with van der Waals surface area (Å²) in [6.45, 7) is 7.35. The van der Waals surface area contributed by atoms with E-state index in [1.54, 1.807) is 0 Å². The van der Waals surface area contributed by atoms with Crippen LogP contribution in [0.25, 0.3) is 0 Å². The van der Waals surface area contributed by atoms with Crippen molar-refractivity contribution in [2.24, 2.45) is 0 Å². The number of anilines is 2. The summed E-state index contributed by atoms with van der Waals surface area (Å²) in [5.74, 6) is -0.745. The van der Waals surface area contributed by atoms with Crippen molar-refractivity contribution in [1.29, 1.82) is 0 Å². The lowest BCUT2D eigenvalue weighted by Gasteiger charge is -2.34. The van der Waals surface area contributed by atoms with E-state index in [0.717, 1.165) is 47.8 Å². The van der Waals surface area contributed by atoms with Gasteiger partial charge in [0.1, 0.15) is 11.6 Å². The van der Waals surface area contributed by atoms with Crippen molar-refractivity contribution in [2.75, 3.05) is 42.7 Å². The summed E-state index contributed by atoms with van der Waals surface area (Å²) in [6.07, 6.45) is -2.02. The van der Waals surface area contributed by atoms with Crippen molar-refractivity contribution in [3.05, 3.63) is 52.0 Å². The normalized spacial score (nSPS) is 14.8. The number of alkyl halides is 3. The molecule has 0 atom stereocenters. The van der Waals surface area contributed by atoms with Gasteiger partial charge in [-0.15, -0.1) is 0 Å². The van der Waals surface area contributed by atoms with Crippen LogP contribution in [0.3, 0.4) is 0 Å². The van der Waals surface area contributed by atoms with Crippen LogP contribution in [-0.2, 0) is 25.7 Å². The third kappa shape index (κ3) is 7.98. The van der Waals surface area contributed by atoms with Crippen molar-refractivity contribution < 1.29 is 35.9 Å². The van der Waals surface area contributed by atoms with Crippen LogP contribution < -0.4 is 9.21 Å². The predicted octanol–water partition coefficient (Wildman–Crippen LogP) is 6.75. The number of methoxy groups -OCH3 is 1. The highest BCUT2D eigenvalue weighted by Gasteiger charge is 2.36. The fourth-order valence-electron chi connectivity index (χ4n) is 4.16. The highest BCUT2D eigenvalue weighted by molar-refractivity contribution is 9.10. The minimum Gasteiger partial charge on any atom is -0.465 e. The van der Waals surface area contributed by atoms with Crippen LogP contribution in [0.15, 0.2) is 45.8 Å². The molecule has 1 aliphatic heterocycles. The molecule has 0 saturated carbocycles. The van der Waals surface area contributed by atoms with Gasteiger partial charge in [0.05, 0.1) is 29.6 Å². The number of piperidine rings is 1. The van der Waals surface area contributed by atoms with Crippen molar-refractivity contribution in [3.8, 4) is 0 Å². The lowest BCUT2D eigenvalue weighted by molar-refractivity contribution is -0.137. The van der Waals surface area contributed by atoms with Gasteiger partial charge in [0, 0.05) is 32.2 Å². The Balaban J connectivity index is 2.19. The first-order valence-corrected chi connectivity index (χ1v) is 18.5. The first kappa shape index (κ1) is 31.4. The van der Waals surface area contributed by atoms with Gasteiger partial charge in [-0.25, -0.2) is 17.5 Å². The van der Waals surface area contributed by atoms with E-state index in [9.17, 15) is 26.4 Å². The number of nitrogens with zero attached hydrogens (tertiary/aromatic N) is 2. The highest BCUT2D eigenvalue weighted by Crippen LogP contribution is 2.41. The molecule has 39 heavy (non-hydrogen) atoms. The van der Waals surface area contributed by atoms with E-state index >= 15 is 0 Å². The quantitative estimate of drug-likeness (QED) is 0.123. The topological polar surface area (TPSA) is 76.2 Å². The van der Waals surface area contributed by atoms with Crippen LogP contribution >= 0.6 is 15.9 Å². The number of benzene rings is 2. The van der Waals surface area contributed by atoms with Crippen LogP contribution in [0, 0.1) is 0 Å². The maximum Gasteiger partial charge on any atom is 0.416 e. The maximum absolute atomic E-state index is 14.2. The molecular formula is C26H34BrF3N2O5SSi. The predicted molar refractivity (Wildman–Crippen MR) is 152 cm³/mol. The lowest BCUT2D eigenvalue weighted by Crippen LogP contribution is -2.37. The highest BCUT2D eigenvalue weighted by atomic mass is 79.9. The number of hydrogen-bond acceptors (Lipinski definition) is 6. The van der Waals surface area contributed by atoms with Gasteiger partial charge >= 0.3 is 12.1 Å². The summed E-state index contributed by atoms with van der Waals surface area (Å²) in [6, 6.07) is 7.83. The molecule has 0 aliphatic carbocycles. The first-order valence-electron chi connectivity index (χ1n) is 12.6.